The van der Waals surface area contributed by atoms with Crippen LogP contribution in [0.15, 0.2) is 18.6 Å². The largest absolute Gasteiger partial charge is 0.356 e. The second-order valence-electron chi connectivity index (χ2n) is 5.85. The fourth-order valence-corrected chi connectivity index (χ4v) is 3.12. The van der Waals surface area contributed by atoms with Crippen LogP contribution >= 0.6 is 0 Å². The average molecular weight is 316 g/mol. The van der Waals surface area contributed by atoms with E-state index in [0.29, 0.717) is 11.5 Å². The number of hydrogen-bond donors (Lipinski definition) is 0. The van der Waals surface area contributed by atoms with Crippen LogP contribution in [0.25, 0.3) is 0 Å². The summed E-state index contributed by atoms with van der Waals surface area (Å²) >= 11 is 0. The van der Waals surface area contributed by atoms with Crippen molar-refractivity contribution in [1.82, 2.24) is 19.7 Å². The number of nitrogens with zero attached hydrogens (tertiary/aromatic N) is 6. The molecule has 1 atom stereocenters. The second kappa shape index (κ2) is 6.31. The first kappa shape index (κ1) is 15.4. The van der Waals surface area contributed by atoms with E-state index < -0.39 is 4.92 Å². The highest BCUT2D eigenvalue weighted by molar-refractivity contribution is 5.49. The van der Waals surface area contributed by atoms with Gasteiger partial charge in [-0.1, -0.05) is 0 Å². The number of rotatable bonds is 4. The Morgan fingerprint density at radius 3 is 3.00 bits per heavy atom. The maximum atomic E-state index is 10.9. The van der Waals surface area contributed by atoms with Gasteiger partial charge in [-0.25, -0.2) is 4.98 Å². The molecule has 23 heavy (non-hydrogen) atoms. The van der Waals surface area contributed by atoms with Crippen molar-refractivity contribution in [3.05, 3.63) is 40.1 Å². The summed E-state index contributed by atoms with van der Waals surface area (Å²) in [4.78, 5) is 17.0. The Morgan fingerprint density at radius 2 is 2.30 bits per heavy atom. The Bertz CT molecular complexity index is 714. The number of pyridine rings is 1. The highest BCUT2D eigenvalue weighted by Gasteiger charge is 2.26. The number of aryl methyl sites for hydroxylation is 2. The molecule has 0 spiro atoms. The lowest BCUT2D eigenvalue weighted by atomic mass is 9.97. The summed E-state index contributed by atoms with van der Waals surface area (Å²) in [6.45, 7) is 6.39. The van der Waals surface area contributed by atoms with Crippen LogP contribution in [0.3, 0.4) is 0 Å². The maximum absolute atomic E-state index is 10.9. The Balaban J connectivity index is 1.81. The lowest BCUT2D eigenvalue weighted by Gasteiger charge is -2.33. The van der Waals surface area contributed by atoms with Crippen LogP contribution in [0.5, 0.6) is 0 Å². The molecule has 1 saturated heterocycles. The maximum Gasteiger partial charge on any atom is 0.290 e. The first-order valence-electron chi connectivity index (χ1n) is 7.83. The standard InChI is InChI=1S/C15H20N6O2/c1-3-19-10-17-18-15(19)12-5-4-6-20(9-12)14-7-11(2)13(8-16-14)21(22)23/h7-8,10,12H,3-6,9H2,1-2H3. The Morgan fingerprint density at radius 1 is 1.48 bits per heavy atom. The molecule has 0 amide bonds. The molecule has 3 heterocycles. The van der Waals surface area contributed by atoms with Crippen LogP contribution in [-0.4, -0.2) is 37.8 Å². The predicted octanol–water partition coefficient (Wildman–Crippen LogP) is 2.29. The number of nitro groups is 1. The zero-order valence-corrected chi connectivity index (χ0v) is 13.3. The number of piperidine rings is 1. The molecule has 8 nitrogen and oxygen atoms in total. The van der Waals surface area contributed by atoms with E-state index in [-0.39, 0.29) is 5.69 Å². The topological polar surface area (TPSA) is 90.0 Å². The summed E-state index contributed by atoms with van der Waals surface area (Å²) in [5.41, 5.74) is 0.701. The van der Waals surface area contributed by atoms with Crippen molar-refractivity contribution in [3.8, 4) is 0 Å². The van der Waals surface area contributed by atoms with Crippen LogP contribution in [0.1, 0.15) is 37.1 Å². The van der Waals surface area contributed by atoms with Gasteiger partial charge >= 0.3 is 0 Å². The quantitative estimate of drug-likeness (QED) is 0.635. The van der Waals surface area contributed by atoms with Crippen molar-refractivity contribution in [2.45, 2.75) is 39.2 Å². The molecule has 2 aromatic rings. The van der Waals surface area contributed by atoms with Crippen LogP contribution < -0.4 is 4.90 Å². The predicted molar refractivity (Wildman–Crippen MR) is 85.5 cm³/mol. The Hall–Kier alpha value is -2.51. The van der Waals surface area contributed by atoms with E-state index in [4.69, 9.17) is 0 Å². The minimum absolute atomic E-state index is 0.0630. The van der Waals surface area contributed by atoms with Crippen LogP contribution in [-0.2, 0) is 6.54 Å². The van der Waals surface area contributed by atoms with E-state index in [1.807, 2.05) is 0 Å². The van der Waals surface area contributed by atoms with Gasteiger partial charge in [0.05, 0.1) is 4.92 Å². The molecular formula is C15H20N6O2. The summed E-state index contributed by atoms with van der Waals surface area (Å²) in [5.74, 6) is 2.11. The first-order chi connectivity index (χ1) is 11.1. The van der Waals surface area contributed by atoms with Gasteiger partial charge in [0.25, 0.3) is 5.69 Å². The first-order valence-corrected chi connectivity index (χ1v) is 7.83. The molecule has 1 unspecified atom stereocenters. The van der Waals surface area contributed by atoms with E-state index in [2.05, 4.69) is 31.6 Å². The minimum atomic E-state index is -0.394. The smallest absolute Gasteiger partial charge is 0.290 e. The van der Waals surface area contributed by atoms with Gasteiger partial charge in [0.15, 0.2) is 0 Å². The second-order valence-corrected chi connectivity index (χ2v) is 5.85. The summed E-state index contributed by atoms with van der Waals surface area (Å²) < 4.78 is 2.07. The van der Waals surface area contributed by atoms with Gasteiger partial charge in [-0.2, -0.15) is 0 Å². The van der Waals surface area contributed by atoms with Crippen molar-refractivity contribution >= 4 is 11.5 Å². The highest BCUT2D eigenvalue weighted by atomic mass is 16.6. The van der Waals surface area contributed by atoms with Crippen molar-refractivity contribution < 1.29 is 4.92 Å². The molecule has 1 aliphatic heterocycles. The summed E-state index contributed by atoms with van der Waals surface area (Å²) in [6.07, 6.45) is 5.23. The molecule has 8 heteroatoms. The molecule has 3 rings (SSSR count). The highest BCUT2D eigenvalue weighted by Crippen LogP contribution is 2.29. The molecule has 0 bridgehead atoms. The van der Waals surface area contributed by atoms with E-state index >= 15 is 0 Å². The molecule has 2 aromatic heterocycles. The normalized spacial score (nSPS) is 18.2. The SMILES string of the molecule is CCn1cnnc1C1CCCN(c2cc(C)c([N+](=O)[O-])cn2)C1. The van der Waals surface area contributed by atoms with Crippen molar-refractivity contribution in [3.63, 3.8) is 0 Å². The third kappa shape index (κ3) is 3.01. The van der Waals surface area contributed by atoms with E-state index in [9.17, 15) is 10.1 Å². The molecule has 0 radical (unpaired) electrons. The molecular weight excluding hydrogens is 296 g/mol. The molecule has 0 aromatic carbocycles. The van der Waals surface area contributed by atoms with Gasteiger partial charge in [0.2, 0.25) is 0 Å². The number of hydrogen-bond acceptors (Lipinski definition) is 6. The van der Waals surface area contributed by atoms with Crippen molar-refractivity contribution in [2.24, 2.45) is 0 Å². The van der Waals surface area contributed by atoms with Gasteiger partial charge < -0.3 is 9.47 Å². The molecule has 122 valence electrons. The molecule has 0 aliphatic carbocycles. The van der Waals surface area contributed by atoms with Gasteiger partial charge in [-0.15, -0.1) is 10.2 Å². The van der Waals surface area contributed by atoms with Crippen LogP contribution in [0, 0.1) is 17.0 Å². The molecule has 0 N–H and O–H groups in total. The number of anilines is 1. The zero-order chi connectivity index (χ0) is 16.4. The van der Waals surface area contributed by atoms with Gasteiger partial charge in [0.1, 0.15) is 24.2 Å². The van der Waals surface area contributed by atoms with E-state index in [0.717, 1.165) is 44.1 Å². The van der Waals surface area contributed by atoms with Gasteiger partial charge in [-0.3, -0.25) is 10.1 Å². The Kier molecular flexibility index (Phi) is 4.22. The summed E-state index contributed by atoms with van der Waals surface area (Å²) in [6, 6.07) is 1.80. The van der Waals surface area contributed by atoms with Gasteiger partial charge in [-0.05, 0) is 32.8 Å². The molecule has 1 fully saturated rings. The monoisotopic (exact) mass is 316 g/mol. The third-order valence-corrected chi connectivity index (χ3v) is 4.36. The fourth-order valence-electron chi connectivity index (χ4n) is 3.12. The van der Waals surface area contributed by atoms with Crippen LogP contribution in [0.2, 0.25) is 0 Å². The van der Waals surface area contributed by atoms with E-state index in [1.54, 1.807) is 19.3 Å². The molecule has 0 saturated carbocycles. The fraction of sp³-hybridized carbons (Fsp3) is 0.533. The molecule has 1 aliphatic rings. The summed E-state index contributed by atoms with van der Waals surface area (Å²) in [5, 5.41) is 19.2. The lowest BCUT2D eigenvalue weighted by molar-refractivity contribution is -0.385. The van der Waals surface area contributed by atoms with Gasteiger partial charge in [0, 0.05) is 31.1 Å². The Labute approximate surface area is 134 Å². The number of aromatic nitrogens is 4. The van der Waals surface area contributed by atoms with E-state index in [1.165, 1.54) is 6.20 Å². The minimum Gasteiger partial charge on any atom is -0.356 e. The zero-order valence-electron chi connectivity index (χ0n) is 13.3. The third-order valence-electron chi connectivity index (χ3n) is 4.36. The van der Waals surface area contributed by atoms with Crippen molar-refractivity contribution in [1.29, 1.82) is 0 Å². The van der Waals surface area contributed by atoms with Crippen molar-refractivity contribution in [2.75, 3.05) is 18.0 Å². The van der Waals surface area contributed by atoms with Crippen LogP contribution in [0.4, 0.5) is 11.5 Å². The summed E-state index contributed by atoms with van der Waals surface area (Å²) in [7, 11) is 0. The lowest BCUT2D eigenvalue weighted by Crippen LogP contribution is -2.36. The average Bonchev–Trinajstić information content (AvgIpc) is 3.03.